The van der Waals surface area contributed by atoms with Crippen LogP contribution in [0.4, 0.5) is 0 Å². The van der Waals surface area contributed by atoms with Crippen LogP contribution >= 0.6 is 11.3 Å². The number of hydrogen-bond acceptors (Lipinski definition) is 5. The minimum Gasteiger partial charge on any atom is -0.244 e. The van der Waals surface area contributed by atoms with Crippen LogP contribution in [0.1, 0.15) is 35.1 Å². The van der Waals surface area contributed by atoms with E-state index >= 15 is 0 Å². The zero-order valence-electron chi connectivity index (χ0n) is 14.1. The first-order valence-electron chi connectivity index (χ1n) is 7.88. The van der Waals surface area contributed by atoms with Gasteiger partial charge >= 0.3 is 0 Å². The molecule has 0 fully saturated rings. The van der Waals surface area contributed by atoms with E-state index in [1.54, 1.807) is 22.9 Å². The second-order valence-electron chi connectivity index (χ2n) is 5.90. The number of thiophene rings is 1. The van der Waals surface area contributed by atoms with Gasteiger partial charge in [0.1, 0.15) is 5.82 Å². The zero-order valence-corrected chi connectivity index (χ0v) is 15.7. The zero-order chi connectivity index (χ0) is 17.9. The van der Waals surface area contributed by atoms with Gasteiger partial charge in [0.2, 0.25) is 10.0 Å². The number of aromatic nitrogens is 3. The van der Waals surface area contributed by atoms with Gasteiger partial charge in [-0.05, 0) is 23.9 Å². The van der Waals surface area contributed by atoms with Crippen molar-refractivity contribution >= 4 is 21.4 Å². The Morgan fingerprint density at radius 3 is 2.60 bits per heavy atom. The van der Waals surface area contributed by atoms with E-state index in [0.717, 1.165) is 11.8 Å². The third kappa shape index (κ3) is 4.97. The second-order valence-corrected chi connectivity index (χ2v) is 8.71. The molecule has 3 aromatic rings. The predicted octanol–water partition coefficient (Wildman–Crippen LogP) is 2.59. The summed E-state index contributed by atoms with van der Waals surface area (Å²) in [6, 6.07) is 13.5. The van der Waals surface area contributed by atoms with Gasteiger partial charge in [-0.3, -0.25) is 0 Å². The summed E-state index contributed by atoms with van der Waals surface area (Å²) in [7, 11) is -3.33. The molecule has 0 bridgehead atoms. The molecule has 0 spiro atoms. The van der Waals surface area contributed by atoms with Crippen LogP contribution in [0.3, 0.4) is 0 Å². The molecule has 0 radical (unpaired) electrons. The van der Waals surface area contributed by atoms with E-state index in [-0.39, 0.29) is 0 Å². The first kappa shape index (κ1) is 17.8. The first-order chi connectivity index (χ1) is 11.9. The lowest BCUT2D eigenvalue weighted by molar-refractivity contribution is 0.541. The van der Waals surface area contributed by atoms with E-state index in [1.807, 2.05) is 47.8 Å². The van der Waals surface area contributed by atoms with E-state index in [0.29, 0.717) is 24.6 Å². The Bertz CT molecular complexity index is 919. The highest BCUT2D eigenvalue weighted by Crippen LogP contribution is 2.17. The standard InChI is InChI=1S/C17H20N4O2S2/c1-13(20-25(2,22)23)17-18-16(11-15-9-6-10-24-15)19-21(17)12-14-7-4-3-5-8-14/h3-10,13,20H,11-12H2,1-2H3/t13-/m0/s1. The molecule has 0 aliphatic rings. The lowest BCUT2D eigenvalue weighted by Gasteiger charge is -2.13. The van der Waals surface area contributed by atoms with Crippen LogP contribution in [0.2, 0.25) is 0 Å². The summed E-state index contributed by atoms with van der Waals surface area (Å²) in [6.07, 6.45) is 1.78. The molecule has 132 valence electrons. The quantitative estimate of drug-likeness (QED) is 0.688. The molecule has 0 saturated heterocycles. The van der Waals surface area contributed by atoms with Crippen molar-refractivity contribution < 1.29 is 8.42 Å². The van der Waals surface area contributed by atoms with Crippen molar-refractivity contribution in [3.05, 3.63) is 69.9 Å². The highest BCUT2D eigenvalue weighted by Gasteiger charge is 2.20. The molecule has 0 aliphatic heterocycles. The average Bonchev–Trinajstić information content (AvgIpc) is 3.17. The van der Waals surface area contributed by atoms with Gasteiger partial charge in [-0.2, -0.15) is 5.10 Å². The Hall–Kier alpha value is -2.03. The normalized spacial score (nSPS) is 13.0. The third-order valence-electron chi connectivity index (χ3n) is 3.61. The Morgan fingerprint density at radius 1 is 1.20 bits per heavy atom. The van der Waals surface area contributed by atoms with Crippen molar-refractivity contribution in [2.45, 2.75) is 25.9 Å². The number of rotatable bonds is 7. The molecule has 1 atom stereocenters. The van der Waals surface area contributed by atoms with Crippen molar-refractivity contribution in [2.75, 3.05) is 6.26 Å². The fourth-order valence-corrected chi connectivity index (χ4v) is 4.06. The van der Waals surface area contributed by atoms with E-state index in [1.165, 1.54) is 4.88 Å². The van der Waals surface area contributed by atoms with Gasteiger partial charge < -0.3 is 0 Å². The van der Waals surface area contributed by atoms with E-state index in [9.17, 15) is 8.42 Å². The number of nitrogens with zero attached hydrogens (tertiary/aromatic N) is 3. The van der Waals surface area contributed by atoms with Crippen molar-refractivity contribution in [3.8, 4) is 0 Å². The molecule has 0 aliphatic carbocycles. The van der Waals surface area contributed by atoms with Gasteiger partial charge in [-0.1, -0.05) is 36.4 Å². The summed E-state index contributed by atoms with van der Waals surface area (Å²) in [5.41, 5.74) is 1.09. The monoisotopic (exact) mass is 376 g/mol. The topological polar surface area (TPSA) is 76.9 Å². The van der Waals surface area contributed by atoms with Crippen LogP contribution in [-0.4, -0.2) is 29.4 Å². The lowest BCUT2D eigenvalue weighted by Crippen LogP contribution is -2.28. The van der Waals surface area contributed by atoms with E-state index in [2.05, 4.69) is 14.8 Å². The molecule has 1 N–H and O–H groups in total. The summed E-state index contributed by atoms with van der Waals surface area (Å²) < 4.78 is 27.5. The summed E-state index contributed by atoms with van der Waals surface area (Å²) in [5.74, 6) is 1.30. The highest BCUT2D eigenvalue weighted by molar-refractivity contribution is 7.88. The fourth-order valence-electron chi connectivity index (χ4n) is 2.61. The Balaban J connectivity index is 1.90. The fraction of sp³-hybridized carbons (Fsp3) is 0.294. The third-order valence-corrected chi connectivity index (χ3v) is 5.27. The molecule has 8 heteroatoms. The van der Waals surface area contributed by atoms with E-state index < -0.39 is 16.1 Å². The maximum Gasteiger partial charge on any atom is 0.209 e. The van der Waals surface area contributed by atoms with Crippen LogP contribution in [0, 0.1) is 0 Å². The van der Waals surface area contributed by atoms with Gasteiger partial charge in [0, 0.05) is 11.3 Å². The van der Waals surface area contributed by atoms with Crippen LogP contribution in [0.25, 0.3) is 0 Å². The minimum absolute atomic E-state index is 0.455. The van der Waals surface area contributed by atoms with Crippen molar-refractivity contribution in [1.82, 2.24) is 19.5 Å². The molecule has 3 rings (SSSR count). The molecular formula is C17H20N4O2S2. The van der Waals surface area contributed by atoms with Crippen molar-refractivity contribution in [3.63, 3.8) is 0 Å². The smallest absolute Gasteiger partial charge is 0.209 e. The molecule has 0 unspecified atom stereocenters. The molecule has 6 nitrogen and oxygen atoms in total. The highest BCUT2D eigenvalue weighted by atomic mass is 32.2. The van der Waals surface area contributed by atoms with Gasteiger partial charge in [-0.25, -0.2) is 22.8 Å². The van der Waals surface area contributed by atoms with Crippen LogP contribution in [0.15, 0.2) is 47.8 Å². The molecule has 0 amide bonds. The van der Waals surface area contributed by atoms with Crippen molar-refractivity contribution in [2.24, 2.45) is 0 Å². The van der Waals surface area contributed by atoms with Crippen LogP contribution in [0.5, 0.6) is 0 Å². The number of nitrogens with one attached hydrogen (secondary N) is 1. The Kier molecular flexibility index (Phi) is 5.31. The Labute approximate surface area is 151 Å². The van der Waals surface area contributed by atoms with Gasteiger partial charge in [0.15, 0.2) is 5.82 Å². The minimum atomic E-state index is -3.33. The second kappa shape index (κ2) is 7.47. The maximum absolute atomic E-state index is 11.6. The van der Waals surface area contributed by atoms with Gasteiger partial charge in [0.25, 0.3) is 0 Å². The summed E-state index contributed by atoms with van der Waals surface area (Å²) in [4.78, 5) is 5.77. The van der Waals surface area contributed by atoms with Gasteiger partial charge in [-0.15, -0.1) is 11.3 Å². The molecule has 2 heterocycles. The predicted molar refractivity (Wildman–Crippen MR) is 99.1 cm³/mol. The maximum atomic E-state index is 11.6. The Morgan fingerprint density at radius 2 is 1.96 bits per heavy atom. The molecule has 1 aromatic carbocycles. The molecular weight excluding hydrogens is 356 g/mol. The average molecular weight is 377 g/mol. The summed E-state index contributed by atoms with van der Waals surface area (Å²) in [6.45, 7) is 2.32. The summed E-state index contributed by atoms with van der Waals surface area (Å²) >= 11 is 1.65. The molecule has 25 heavy (non-hydrogen) atoms. The largest absolute Gasteiger partial charge is 0.244 e. The number of benzene rings is 1. The first-order valence-corrected chi connectivity index (χ1v) is 10.6. The van der Waals surface area contributed by atoms with Crippen LogP contribution in [-0.2, 0) is 23.0 Å². The SMILES string of the molecule is C[C@H](NS(C)(=O)=O)c1nc(Cc2cccs2)nn1Cc1ccccc1. The summed E-state index contributed by atoms with van der Waals surface area (Å²) in [5, 5.41) is 6.63. The van der Waals surface area contributed by atoms with Gasteiger partial charge in [0.05, 0.1) is 18.8 Å². The number of sulfonamides is 1. The molecule has 2 aromatic heterocycles. The molecule has 0 saturated carbocycles. The number of hydrogen-bond donors (Lipinski definition) is 1. The van der Waals surface area contributed by atoms with Crippen LogP contribution < -0.4 is 4.72 Å². The lowest BCUT2D eigenvalue weighted by atomic mass is 10.2. The van der Waals surface area contributed by atoms with E-state index in [4.69, 9.17) is 0 Å². The van der Waals surface area contributed by atoms with Crippen molar-refractivity contribution in [1.29, 1.82) is 0 Å².